The first kappa shape index (κ1) is 13.3. The number of aromatic nitrogens is 4. The van der Waals surface area contributed by atoms with E-state index in [0.717, 1.165) is 30.3 Å². The molecule has 0 saturated carbocycles. The maximum Gasteiger partial charge on any atom is 0.193 e. The lowest BCUT2D eigenvalue weighted by atomic mass is 10.2. The topological polar surface area (TPSA) is 47.2 Å². The van der Waals surface area contributed by atoms with Crippen LogP contribution in [0.5, 0.6) is 0 Å². The van der Waals surface area contributed by atoms with Crippen molar-refractivity contribution in [3.8, 4) is 0 Å². The van der Waals surface area contributed by atoms with Gasteiger partial charge in [-0.25, -0.2) is 4.98 Å². The number of nitrogens with zero attached hydrogens (tertiary/aromatic N) is 4. The fraction of sp³-hybridized carbons (Fsp3) is 0.429. The lowest BCUT2D eigenvalue weighted by molar-refractivity contribution is 0.552. The number of imidazole rings is 1. The first-order chi connectivity index (χ1) is 9.70. The summed E-state index contributed by atoms with van der Waals surface area (Å²) in [7, 11) is 0. The van der Waals surface area contributed by atoms with Crippen molar-refractivity contribution in [2.45, 2.75) is 26.9 Å². The largest absolute Gasteiger partial charge is 0.312 e. The fourth-order valence-corrected chi connectivity index (χ4v) is 2.83. The molecule has 0 fully saturated rings. The Morgan fingerprint density at radius 2 is 2.25 bits per heavy atom. The zero-order valence-corrected chi connectivity index (χ0v) is 12.6. The average Bonchev–Trinajstić information content (AvgIpc) is 3.05. The molecule has 0 unspecified atom stereocenters. The summed E-state index contributed by atoms with van der Waals surface area (Å²) in [5.74, 6) is 0.670. The Morgan fingerprint density at radius 1 is 1.35 bits per heavy atom. The maximum absolute atomic E-state index is 4.57. The van der Waals surface area contributed by atoms with Crippen LogP contribution in [0.15, 0.2) is 30.2 Å². The molecular formula is C14H19N5S. The molecule has 3 aromatic rings. The molecular weight excluding hydrogens is 270 g/mol. The van der Waals surface area contributed by atoms with E-state index in [0.29, 0.717) is 5.92 Å². The van der Waals surface area contributed by atoms with Crippen LogP contribution in [0.4, 0.5) is 0 Å². The Bertz CT molecular complexity index is 650. The normalized spacial score (nSPS) is 11.8. The molecule has 5 nitrogen and oxygen atoms in total. The number of hydrogen-bond donors (Lipinski definition) is 1. The first-order valence-electron chi connectivity index (χ1n) is 6.84. The number of fused-ring (bicyclic) bond motifs is 1. The van der Waals surface area contributed by atoms with Gasteiger partial charge in [0, 0.05) is 36.1 Å². The highest BCUT2D eigenvalue weighted by atomic mass is 32.1. The number of rotatable bonds is 6. The first-order valence-corrected chi connectivity index (χ1v) is 7.72. The lowest BCUT2D eigenvalue weighted by Crippen LogP contribution is -2.18. The predicted octanol–water partition coefficient (Wildman–Crippen LogP) is 2.39. The monoisotopic (exact) mass is 289 g/mol. The van der Waals surface area contributed by atoms with Crippen molar-refractivity contribution in [3.05, 3.63) is 41.4 Å². The summed E-state index contributed by atoms with van der Waals surface area (Å²) in [6.45, 7) is 7.04. The summed E-state index contributed by atoms with van der Waals surface area (Å²) in [5.41, 5.74) is 2.26. The molecule has 6 heteroatoms. The Balaban J connectivity index is 1.60. The van der Waals surface area contributed by atoms with Gasteiger partial charge in [0.15, 0.2) is 4.96 Å². The SMILES string of the molecule is CC(C)CNCc1cnn(Cc2cn3ccsc3n2)c1. The fourth-order valence-electron chi connectivity index (χ4n) is 2.11. The van der Waals surface area contributed by atoms with Gasteiger partial charge in [0.05, 0.1) is 18.4 Å². The number of nitrogens with one attached hydrogen (secondary N) is 1. The summed E-state index contributed by atoms with van der Waals surface area (Å²) < 4.78 is 3.99. The van der Waals surface area contributed by atoms with E-state index >= 15 is 0 Å². The molecule has 106 valence electrons. The Labute approximate surface area is 122 Å². The van der Waals surface area contributed by atoms with Gasteiger partial charge >= 0.3 is 0 Å². The van der Waals surface area contributed by atoms with Crippen LogP contribution in [0.3, 0.4) is 0 Å². The molecule has 0 aliphatic rings. The van der Waals surface area contributed by atoms with E-state index in [2.05, 4.69) is 46.0 Å². The van der Waals surface area contributed by atoms with Gasteiger partial charge in [0.25, 0.3) is 0 Å². The summed E-state index contributed by atoms with van der Waals surface area (Å²) >= 11 is 1.65. The zero-order valence-electron chi connectivity index (χ0n) is 11.8. The van der Waals surface area contributed by atoms with Crippen molar-refractivity contribution in [1.82, 2.24) is 24.5 Å². The third kappa shape index (κ3) is 3.08. The highest BCUT2D eigenvalue weighted by Crippen LogP contribution is 2.12. The second kappa shape index (κ2) is 5.76. The van der Waals surface area contributed by atoms with Gasteiger partial charge in [-0.1, -0.05) is 13.8 Å². The van der Waals surface area contributed by atoms with Gasteiger partial charge in [-0.15, -0.1) is 11.3 Å². The molecule has 0 spiro atoms. The second-order valence-electron chi connectivity index (χ2n) is 5.40. The highest BCUT2D eigenvalue weighted by Gasteiger charge is 2.05. The predicted molar refractivity (Wildman–Crippen MR) is 80.9 cm³/mol. The van der Waals surface area contributed by atoms with E-state index in [1.54, 1.807) is 11.3 Å². The van der Waals surface area contributed by atoms with Gasteiger partial charge in [-0.3, -0.25) is 9.08 Å². The van der Waals surface area contributed by atoms with Crippen molar-refractivity contribution >= 4 is 16.3 Å². The average molecular weight is 289 g/mol. The van der Waals surface area contributed by atoms with Gasteiger partial charge in [0.2, 0.25) is 0 Å². The van der Waals surface area contributed by atoms with E-state index < -0.39 is 0 Å². The van der Waals surface area contributed by atoms with Gasteiger partial charge in [-0.2, -0.15) is 5.10 Å². The van der Waals surface area contributed by atoms with Crippen molar-refractivity contribution in [3.63, 3.8) is 0 Å². The number of thiazole rings is 1. The molecule has 0 radical (unpaired) electrons. The van der Waals surface area contributed by atoms with Crippen LogP contribution >= 0.6 is 11.3 Å². The van der Waals surface area contributed by atoms with Gasteiger partial charge in [-0.05, 0) is 12.5 Å². The summed E-state index contributed by atoms with van der Waals surface area (Å²) in [5, 5.41) is 9.86. The molecule has 0 aromatic carbocycles. The lowest BCUT2D eigenvalue weighted by Gasteiger charge is -2.05. The van der Waals surface area contributed by atoms with Crippen LogP contribution in [-0.4, -0.2) is 25.7 Å². The van der Waals surface area contributed by atoms with Crippen LogP contribution in [0.1, 0.15) is 25.1 Å². The molecule has 0 aliphatic carbocycles. The maximum atomic E-state index is 4.57. The molecule has 0 amide bonds. The van der Waals surface area contributed by atoms with E-state index in [4.69, 9.17) is 0 Å². The van der Waals surface area contributed by atoms with Crippen LogP contribution in [0.2, 0.25) is 0 Å². The van der Waals surface area contributed by atoms with Crippen LogP contribution in [0, 0.1) is 5.92 Å². The van der Waals surface area contributed by atoms with E-state index in [-0.39, 0.29) is 0 Å². The van der Waals surface area contributed by atoms with Crippen molar-refractivity contribution in [2.75, 3.05) is 6.54 Å². The standard InChI is InChI=1S/C14H19N5S/c1-11(2)5-15-6-12-7-16-19(8-12)10-13-9-18-3-4-20-14(18)17-13/h3-4,7-9,11,15H,5-6,10H2,1-2H3. The zero-order chi connectivity index (χ0) is 13.9. The summed E-state index contributed by atoms with van der Waals surface area (Å²) in [6.07, 6.45) is 8.09. The Kier molecular flexibility index (Phi) is 3.84. The third-order valence-electron chi connectivity index (χ3n) is 3.04. The van der Waals surface area contributed by atoms with Crippen LogP contribution in [-0.2, 0) is 13.1 Å². The summed E-state index contributed by atoms with van der Waals surface area (Å²) in [4.78, 5) is 5.60. The molecule has 0 saturated heterocycles. The molecule has 0 aliphatic heterocycles. The quantitative estimate of drug-likeness (QED) is 0.758. The molecule has 20 heavy (non-hydrogen) atoms. The van der Waals surface area contributed by atoms with Crippen LogP contribution in [0.25, 0.3) is 4.96 Å². The minimum absolute atomic E-state index is 0.670. The second-order valence-corrected chi connectivity index (χ2v) is 6.27. The minimum atomic E-state index is 0.670. The summed E-state index contributed by atoms with van der Waals surface area (Å²) in [6, 6.07) is 0. The van der Waals surface area contributed by atoms with E-state index in [1.165, 1.54) is 5.56 Å². The van der Waals surface area contributed by atoms with E-state index in [1.807, 2.05) is 22.5 Å². The van der Waals surface area contributed by atoms with Crippen LogP contribution < -0.4 is 5.32 Å². The molecule has 0 atom stereocenters. The molecule has 3 rings (SSSR count). The molecule has 1 N–H and O–H groups in total. The van der Waals surface area contributed by atoms with Gasteiger partial charge in [0.1, 0.15) is 0 Å². The minimum Gasteiger partial charge on any atom is -0.312 e. The molecule has 0 bridgehead atoms. The van der Waals surface area contributed by atoms with Crippen molar-refractivity contribution in [2.24, 2.45) is 5.92 Å². The Hall–Kier alpha value is -1.66. The van der Waals surface area contributed by atoms with Crippen molar-refractivity contribution in [1.29, 1.82) is 0 Å². The smallest absolute Gasteiger partial charge is 0.193 e. The Morgan fingerprint density at radius 3 is 3.05 bits per heavy atom. The molecule has 3 aromatic heterocycles. The highest BCUT2D eigenvalue weighted by molar-refractivity contribution is 7.15. The van der Waals surface area contributed by atoms with Gasteiger partial charge < -0.3 is 5.32 Å². The molecule has 3 heterocycles. The third-order valence-corrected chi connectivity index (χ3v) is 3.81. The van der Waals surface area contributed by atoms with Crippen molar-refractivity contribution < 1.29 is 0 Å². The number of hydrogen-bond acceptors (Lipinski definition) is 4. The van der Waals surface area contributed by atoms with E-state index in [9.17, 15) is 0 Å².